The van der Waals surface area contributed by atoms with E-state index in [4.69, 9.17) is 0 Å². The molecule has 3 heteroatoms. The zero-order valence-electron chi connectivity index (χ0n) is 15.1. The van der Waals surface area contributed by atoms with Crippen LogP contribution in [-0.2, 0) is 5.41 Å². The molecule has 3 rings (SSSR count). The van der Waals surface area contributed by atoms with Gasteiger partial charge in [-0.1, -0.05) is 68.4 Å². The Morgan fingerprint density at radius 2 is 1.72 bits per heavy atom. The van der Waals surface area contributed by atoms with Gasteiger partial charge in [0.15, 0.2) is 0 Å². The molecule has 3 nitrogen and oxygen atoms in total. The summed E-state index contributed by atoms with van der Waals surface area (Å²) in [7, 11) is 0. The second-order valence-corrected chi connectivity index (χ2v) is 6.76. The van der Waals surface area contributed by atoms with Gasteiger partial charge >= 0.3 is 0 Å². The summed E-state index contributed by atoms with van der Waals surface area (Å²) in [5, 5.41) is 9.46. The molecule has 130 valence electrons. The van der Waals surface area contributed by atoms with E-state index in [9.17, 15) is 0 Å². The Balaban J connectivity index is 1.82. The van der Waals surface area contributed by atoms with E-state index in [1.54, 1.807) is 0 Å². The summed E-state index contributed by atoms with van der Waals surface area (Å²) in [5.74, 6) is 0.962. The fourth-order valence-corrected chi connectivity index (χ4v) is 3.26. The number of nitrogens with one attached hydrogen (secondary N) is 2. The van der Waals surface area contributed by atoms with Gasteiger partial charge in [0, 0.05) is 23.5 Å². The maximum Gasteiger partial charge on any atom is 0.133 e. The average molecular weight is 333 g/mol. The van der Waals surface area contributed by atoms with Gasteiger partial charge in [0.1, 0.15) is 5.82 Å². The van der Waals surface area contributed by atoms with E-state index in [1.165, 1.54) is 16.3 Å². The van der Waals surface area contributed by atoms with E-state index in [0.717, 1.165) is 31.9 Å². The van der Waals surface area contributed by atoms with Crippen LogP contribution >= 0.6 is 0 Å². The van der Waals surface area contributed by atoms with Crippen LogP contribution in [0.5, 0.6) is 0 Å². The van der Waals surface area contributed by atoms with Crippen LogP contribution in [0.15, 0.2) is 66.9 Å². The maximum absolute atomic E-state index is 4.57. The molecule has 0 aliphatic carbocycles. The lowest BCUT2D eigenvalue weighted by molar-refractivity contribution is 0.442. The molecular weight excluding hydrogens is 306 g/mol. The van der Waals surface area contributed by atoms with Gasteiger partial charge in [-0.15, -0.1) is 0 Å². The molecule has 1 heterocycles. The van der Waals surface area contributed by atoms with Crippen LogP contribution in [0, 0.1) is 0 Å². The van der Waals surface area contributed by atoms with Crippen LogP contribution in [0.4, 0.5) is 5.82 Å². The number of fused-ring (bicyclic) bond motifs is 1. The van der Waals surface area contributed by atoms with Gasteiger partial charge < -0.3 is 10.6 Å². The largest absolute Gasteiger partial charge is 0.369 e. The molecule has 25 heavy (non-hydrogen) atoms. The summed E-state index contributed by atoms with van der Waals surface area (Å²) >= 11 is 0. The first-order valence-corrected chi connectivity index (χ1v) is 9.07. The first kappa shape index (κ1) is 17.4. The van der Waals surface area contributed by atoms with E-state index in [0.29, 0.717) is 0 Å². The Bertz CT molecular complexity index is 795. The highest BCUT2D eigenvalue weighted by Crippen LogP contribution is 2.29. The molecule has 0 radical (unpaired) electrons. The van der Waals surface area contributed by atoms with E-state index >= 15 is 0 Å². The van der Waals surface area contributed by atoms with E-state index in [1.807, 2.05) is 6.20 Å². The van der Waals surface area contributed by atoms with Crippen molar-refractivity contribution < 1.29 is 0 Å². The molecule has 0 aliphatic rings. The van der Waals surface area contributed by atoms with Crippen molar-refractivity contribution in [2.45, 2.75) is 25.7 Å². The quantitative estimate of drug-likeness (QED) is 0.591. The lowest BCUT2D eigenvalue weighted by atomic mass is 9.79. The normalized spacial score (nSPS) is 13.5. The van der Waals surface area contributed by atoms with Crippen molar-refractivity contribution in [3.63, 3.8) is 0 Å². The monoisotopic (exact) mass is 333 g/mol. The van der Waals surface area contributed by atoms with E-state index in [-0.39, 0.29) is 5.41 Å². The van der Waals surface area contributed by atoms with Crippen LogP contribution in [-0.4, -0.2) is 24.6 Å². The molecule has 1 atom stereocenters. The Morgan fingerprint density at radius 3 is 2.52 bits per heavy atom. The highest BCUT2D eigenvalue weighted by molar-refractivity contribution is 5.91. The van der Waals surface area contributed by atoms with Crippen molar-refractivity contribution in [2.75, 3.05) is 25.0 Å². The Morgan fingerprint density at radius 1 is 0.960 bits per heavy atom. The highest BCUT2D eigenvalue weighted by atomic mass is 15.0. The Hall–Kier alpha value is -2.39. The first-order valence-electron chi connectivity index (χ1n) is 9.07. The second-order valence-electron chi connectivity index (χ2n) is 6.76. The number of anilines is 1. The predicted molar refractivity (Wildman–Crippen MR) is 107 cm³/mol. The lowest BCUT2D eigenvalue weighted by Crippen LogP contribution is -2.35. The Labute approximate surface area is 150 Å². The molecule has 0 saturated heterocycles. The van der Waals surface area contributed by atoms with Crippen molar-refractivity contribution in [3.8, 4) is 0 Å². The van der Waals surface area contributed by atoms with E-state index < -0.39 is 0 Å². The summed E-state index contributed by atoms with van der Waals surface area (Å²) < 4.78 is 0. The first-order chi connectivity index (χ1) is 12.2. The summed E-state index contributed by atoms with van der Waals surface area (Å²) in [6.45, 7) is 7.34. The number of benzene rings is 2. The van der Waals surface area contributed by atoms with Crippen molar-refractivity contribution in [2.24, 2.45) is 0 Å². The van der Waals surface area contributed by atoms with Gasteiger partial charge in [0.25, 0.3) is 0 Å². The van der Waals surface area contributed by atoms with Gasteiger partial charge in [-0.3, -0.25) is 0 Å². The standard InChI is InChI=1S/C22H27N3/c1-3-23-16-14-22(2,19-10-5-4-6-11-19)17-25-21-20-12-8-7-9-18(20)13-15-24-21/h4-13,15,23H,3,14,16-17H2,1-2H3,(H,24,25). The predicted octanol–water partition coefficient (Wildman–Crippen LogP) is 4.60. The Kier molecular flexibility index (Phi) is 5.67. The minimum Gasteiger partial charge on any atom is -0.369 e. The second kappa shape index (κ2) is 8.13. The van der Waals surface area contributed by atoms with Gasteiger partial charge in [-0.2, -0.15) is 0 Å². The minimum atomic E-state index is 0.0437. The number of hydrogen-bond acceptors (Lipinski definition) is 3. The van der Waals surface area contributed by atoms with Crippen molar-refractivity contribution in [3.05, 3.63) is 72.4 Å². The zero-order chi connectivity index (χ0) is 17.5. The van der Waals surface area contributed by atoms with Crippen LogP contribution in [0.25, 0.3) is 10.8 Å². The van der Waals surface area contributed by atoms with E-state index in [2.05, 4.69) is 90.1 Å². The van der Waals surface area contributed by atoms with Gasteiger partial charge in [-0.25, -0.2) is 4.98 Å². The SMILES string of the molecule is CCNCCC(C)(CNc1nccc2ccccc12)c1ccccc1. The third-order valence-electron chi connectivity index (χ3n) is 4.89. The van der Waals surface area contributed by atoms with Gasteiger partial charge in [0.05, 0.1) is 0 Å². The minimum absolute atomic E-state index is 0.0437. The third-order valence-corrected chi connectivity index (χ3v) is 4.89. The molecule has 2 aromatic carbocycles. The molecule has 2 N–H and O–H groups in total. The smallest absolute Gasteiger partial charge is 0.133 e. The molecule has 3 aromatic rings. The molecule has 0 saturated carbocycles. The van der Waals surface area contributed by atoms with Crippen molar-refractivity contribution >= 4 is 16.6 Å². The number of nitrogens with zero attached hydrogens (tertiary/aromatic N) is 1. The molecule has 1 unspecified atom stereocenters. The third kappa shape index (κ3) is 4.18. The highest BCUT2D eigenvalue weighted by Gasteiger charge is 2.26. The molecule has 1 aromatic heterocycles. The summed E-state index contributed by atoms with van der Waals surface area (Å²) in [6, 6.07) is 21.2. The summed E-state index contributed by atoms with van der Waals surface area (Å²) in [5.41, 5.74) is 1.41. The molecular formula is C22H27N3. The molecule has 0 amide bonds. The van der Waals surface area contributed by atoms with Gasteiger partial charge in [0.2, 0.25) is 0 Å². The van der Waals surface area contributed by atoms with Crippen LogP contribution < -0.4 is 10.6 Å². The fourth-order valence-electron chi connectivity index (χ4n) is 3.26. The molecule has 0 aliphatic heterocycles. The molecule has 0 bridgehead atoms. The topological polar surface area (TPSA) is 37.0 Å². The van der Waals surface area contributed by atoms with Crippen molar-refractivity contribution in [1.29, 1.82) is 0 Å². The number of pyridine rings is 1. The van der Waals surface area contributed by atoms with Crippen molar-refractivity contribution in [1.82, 2.24) is 10.3 Å². The summed E-state index contributed by atoms with van der Waals surface area (Å²) in [4.78, 5) is 4.57. The molecule has 0 spiro atoms. The fraction of sp³-hybridized carbons (Fsp3) is 0.318. The van der Waals surface area contributed by atoms with Gasteiger partial charge in [-0.05, 0) is 36.5 Å². The average Bonchev–Trinajstić information content (AvgIpc) is 2.67. The maximum atomic E-state index is 4.57. The van der Waals surface area contributed by atoms with Crippen LogP contribution in [0.2, 0.25) is 0 Å². The van der Waals surface area contributed by atoms with Crippen LogP contribution in [0.3, 0.4) is 0 Å². The molecule has 0 fully saturated rings. The van der Waals surface area contributed by atoms with Crippen LogP contribution in [0.1, 0.15) is 25.8 Å². The lowest BCUT2D eigenvalue weighted by Gasteiger charge is -2.31. The zero-order valence-corrected chi connectivity index (χ0v) is 15.1. The number of hydrogen-bond donors (Lipinski definition) is 2. The summed E-state index contributed by atoms with van der Waals surface area (Å²) in [6.07, 6.45) is 2.95. The number of rotatable bonds is 8. The number of aromatic nitrogens is 1.